The summed E-state index contributed by atoms with van der Waals surface area (Å²) >= 11 is 0. The van der Waals surface area contributed by atoms with Crippen LogP contribution >= 0.6 is 0 Å². The number of hydrogen-bond acceptors (Lipinski definition) is 0. The average molecular weight is 597 g/mol. The lowest BCUT2D eigenvalue weighted by Crippen LogP contribution is -2.29. The molecule has 1 atom stereocenters. The van der Waals surface area contributed by atoms with Crippen LogP contribution in [0.4, 0.5) is 0 Å². The van der Waals surface area contributed by atoms with Crippen molar-refractivity contribution in [1.82, 2.24) is 0 Å². The second kappa shape index (κ2) is 11.1. The van der Waals surface area contributed by atoms with Crippen LogP contribution in [0.25, 0.3) is 55.3 Å². The molecule has 0 heterocycles. The van der Waals surface area contributed by atoms with Gasteiger partial charge in [-0.15, -0.1) is 0 Å². The van der Waals surface area contributed by atoms with Crippen LogP contribution in [-0.2, 0) is 5.41 Å². The van der Waals surface area contributed by atoms with E-state index in [2.05, 4.69) is 194 Å². The van der Waals surface area contributed by atoms with E-state index in [0.29, 0.717) is 0 Å². The molecule has 1 unspecified atom stereocenters. The van der Waals surface area contributed by atoms with Gasteiger partial charge in [-0.05, 0) is 95.7 Å². The van der Waals surface area contributed by atoms with Crippen molar-refractivity contribution in [3.05, 3.63) is 216 Å². The summed E-state index contributed by atoms with van der Waals surface area (Å²) in [5, 5.41) is 2.54. The standard InChI is InChI=1S/C47H32/c1-3-14-33(15-4-1)35-18-11-19-36(30-35)37-20-12-21-38(31-37)39-28-29-43-42-25-9-10-26-45(42)47(46(43)32-39,40-22-5-2-6-23-40)44-27-13-17-34-16-7-8-24-41(34)44/h1-32H. The number of rotatable bonds is 5. The summed E-state index contributed by atoms with van der Waals surface area (Å²) in [4.78, 5) is 0. The van der Waals surface area contributed by atoms with E-state index in [1.807, 2.05) is 0 Å². The summed E-state index contributed by atoms with van der Waals surface area (Å²) < 4.78 is 0. The van der Waals surface area contributed by atoms with Crippen LogP contribution in [0.1, 0.15) is 22.3 Å². The maximum Gasteiger partial charge on any atom is 0.0719 e. The number of fused-ring (bicyclic) bond motifs is 4. The van der Waals surface area contributed by atoms with Crippen LogP contribution < -0.4 is 0 Å². The van der Waals surface area contributed by atoms with Crippen molar-refractivity contribution in [1.29, 1.82) is 0 Å². The minimum absolute atomic E-state index is 0.467. The zero-order valence-electron chi connectivity index (χ0n) is 26.0. The molecule has 0 saturated carbocycles. The van der Waals surface area contributed by atoms with Gasteiger partial charge in [-0.1, -0.05) is 176 Å². The molecule has 8 aromatic carbocycles. The lowest BCUT2D eigenvalue weighted by atomic mass is 9.66. The molecule has 47 heavy (non-hydrogen) atoms. The summed E-state index contributed by atoms with van der Waals surface area (Å²) in [6.45, 7) is 0. The summed E-state index contributed by atoms with van der Waals surface area (Å²) in [6, 6.07) is 71.3. The van der Waals surface area contributed by atoms with Crippen LogP contribution in [0.15, 0.2) is 194 Å². The smallest absolute Gasteiger partial charge is 0.0622 e. The first kappa shape index (κ1) is 27.3. The molecule has 0 fully saturated rings. The van der Waals surface area contributed by atoms with Gasteiger partial charge < -0.3 is 0 Å². The second-order valence-electron chi connectivity index (χ2n) is 12.5. The maximum absolute atomic E-state index is 2.46. The summed E-state index contributed by atoms with van der Waals surface area (Å²) in [6.07, 6.45) is 0. The van der Waals surface area contributed by atoms with Gasteiger partial charge in [-0.25, -0.2) is 0 Å². The molecule has 1 aliphatic carbocycles. The van der Waals surface area contributed by atoms with Gasteiger partial charge in [-0.2, -0.15) is 0 Å². The summed E-state index contributed by atoms with van der Waals surface area (Å²) in [5.41, 5.74) is 14.7. The van der Waals surface area contributed by atoms with Crippen LogP contribution in [0.5, 0.6) is 0 Å². The Hall–Kier alpha value is -5.98. The highest BCUT2D eigenvalue weighted by Crippen LogP contribution is 2.57. The van der Waals surface area contributed by atoms with E-state index in [1.165, 1.54) is 77.5 Å². The Morgan fingerprint density at radius 3 is 1.51 bits per heavy atom. The normalized spacial score (nSPS) is 14.9. The van der Waals surface area contributed by atoms with Crippen molar-refractivity contribution in [3.63, 3.8) is 0 Å². The SMILES string of the molecule is c1ccc(-c2cccc(-c3cccc(-c4ccc5c(c4)C(c4ccccc4)(c4cccc6ccccc46)c4ccccc4-5)c3)c2)cc1. The Bertz CT molecular complexity index is 2400. The van der Waals surface area contributed by atoms with Crippen LogP contribution in [0.2, 0.25) is 0 Å². The molecule has 220 valence electrons. The van der Waals surface area contributed by atoms with Crippen LogP contribution in [0, 0.1) is 0 Å². The largest absolute Gasteiger partial charge is 0.0719 e. The van der Waals surface area contributed by atoms with Gasteiger partial charge in [-0.3, -0.25) is 0 Å². The van der Waals surface area contributed by atoms with Crippen molar-refractivity contribution in [2.45, 2.75) is 5.41 Å². The highest BCUT2D eigenvalue weighted by molar-refractivity contribution is 5.95. The molecule has 0 spiro atoms. The van der Waals surface area contributed by atoms with Gasteiger partial charge >= 0.3 is 0 Å². The first-order valence-electron chi connectivity index (χ1n) is 16.4. The van der Waals surface area contributed by atoms with Gasteiger partial charge in [0, 0.05) is 0 Å². The maximum atomic E-state index is 2.46. The molecule has 0 aliphatic heterocycles. The quantitative estimate of drug-likeness (QED) is 0.185. The average Bonchev–Trinajstić information content (AvgIpc) is 3.46. The molecule has 0 amide bonds. The van der Waals surface area contributed by atoms with Crippen molar-refractivity contribution >= 4 is 10.8 Å². The number of benzene rings is 8. The third-order valence-corrected chi connectivity index (χ3v) is 9.94. The van der Waals surface area contributed by atoms with E-state index in [1.54, 1.807) is 0 Å². The highest BCUT2D eigenvalue weighted by Gasteiger charge is 2.46. The fourth-order valence-corrected chi connectivity index (χ4v) is 7.84. The molecule has 0 aromatic heterocycles. The molecular weight excluding hydrogens is 565 g/mol. The predicted octanol–water partition coefficient (Wildman–Crippen LogP) is 12.2. The Morgan fingerprint density at radius 2 is 0.766 bits per heavy atom. The third kappa shape index (κ3) is 4.37. The van der Waals surface area contributed by atoms with Gasteiger partial charge in [0.25, 0.3) is 0 Å². The fourth-order valence-electron chi connectivity index (χ4n) is 7.84. The molecule has 0 N–H and O–H groups in total. The minimum atomic E-state index is -0.467. The molecule has 0 radical (unpaired) electrons. The van der Waals surface area contributed by atoms with Crippen molar-refractivity contribution < 1.29 is 0 Å². The van der Waals surface area contributed by atoms with Crippen LogP contribution in [-0.4, -0.2) is 0 Å². The molecule has 9 rings (SSSR count). The summed E-state index contributed by atoms with van der Waals surface area (Å²) in [7, 11) is 0. The second-order valence-corrected chi connectivity index (χ2v) is 12.5. The van der Waals surface area contributed by atoms with E-state index in [0.717, 1.165) is 0 Å². The summed E-state index contributed by atoms with van der Waals surface area (Å²) in [5.74, 6) is 0. The Labute approximate surface area is 276 Å². The molecule has 1 aliphatic rings. The van der Waals surface area contributed by atoms with Crippen molar-refractivity contribution in [2.75, 3.05) is 0 Å². The van der Waals surface area contributed by atoms with Crippen molar-refractivity contribution in [3.8, 4) is 44.5 Å². The van der Waals surface area contributed by atoms with Gasteiger partial charge in [0.1, 0.15) is 0 Å². The first-order valence-corrected chi connectivity index (χ1v) is 16.4. The van der Waals surface area contributed by atoms with Crippen molar-refractivity contribution in [2.24, 2.45) is 0 Å². The van der Waals surface area contributed by atoms with E-state index < -0.39 is 5.41 Å². The number of hydrogen-bond donors (Lipinski definition) is 0. The topological polar surface area (TPSA) is 0 Å². The molecule has 0 nitrogen and oxygen atoms in total. The molecule has 0 bridgehead atoms. The van der Waals surface area contributed by atoms with E-state index in [9.17, 15) is 0 Å². The highest BCUT2D eigenvalue weighted by atomic mass is 14.5. The first-order chi connectivity index (χ1) is 23.3. The molecule has 0 heteroatoms. The monoisotopic (exact) mass is 596 g/mol. The van der Waals surface area contributed by atoms with Gasteiger partial charge in [0.2, 0.25) is 0 Å². The van der Waals surface area contributed by atoms with E-state index >= 15 is 0 Å². The van der Waals surface area contributed by atoms with E-state index in [4.69, 9.17) is 0 Å². The minimum Gasteiger partial charge on any atom is -0.0622 e. The van der Waals surface area contributed by atoms with Crippen LogP contribution in [0.3, 0.4) is 0 Å². The Morgan fingerprint density at radius 1 is 0.277 bits per heavy atom. The fraction of sp³-hybridized carbons (Fsp3) is 0.0213. The molecule has 0 saturated heterocycles. The zero-order chi connectivity index (χ0) is 31.2. The Kier molecular flexibility index (Phi) is 6.47. The zero-order valence-corrected chi connectivity index (χ0v) is 26.0. The molecular formula is C47H32. The third-order valence-electron chi connectivity index (χ3n) is 9.94. The lowest BCUT2D eigenvalue weighted by molar-refractivity contribution is 0.776. The Balaban J connectivity index is 1.26. The molecule has 8 aromatic rings. The van der Waals surface area contributed by atoms with Gasteiger partial charge in [0.05, 0.1) is 5.41 Å². The predicted molar refractivity (Wildman–Crippen MR) is 198 cm³/mol. The van der Waals surface area contributed by atoms with Gasteiger partial charge in [0.15, 0.2) is 0 Å². The van der Waals surface area contributed by atoms with E-state index in [-0.39, 0.29) is 0 Å². The lowest BCUT2D eigenvalue weighted by Gasteiger charge is -2.35.